The molecule has 1 N–H and O–H groups in total. The summed E-state index contributed by atoms with van der Waals surface area (Å²) in [5.41, 5.74) is 2.35. The predicted octanol–water partition coefficient (Wildman–Crippen LogP) is 2.12. The van der Waals surface area contributed by atoms with Crippen LogP contribution in [-0.4, -0.2) is 24.3 Å². The van der Waals surface area contributed by atoms with Gasteiger partial charge in [-0.05, 0) is 31.2 Å². The molecule has 5 heteroatoms. The van der Waals surface area contributed by atoms with Crippen LogP contribution in [0.15, 0.2) is 28.7 Å². The summed E-state index contributed by atoms with van der Waals surface area (Å²) in [4.78, 5) is 1.88. The maximum Gasteiger partial charge on any atom is 0.322 e. The second-order valence-electron chi connectivity index (χ2n) is 4.09. The molecule has 0 bridgehead atoms. The number of aromatic nitrogens is 2. The van der Waals surface area contributed by atoms with Crippen LogP contribution >= 0.6 is 0 Å². The molecule has 0 amide bonds. The van der Waals surface area contributed by atoms with Gasteiger partial charge < -0.3 is 9.73 Å². The molecule has 0 radical (unpaired) electrons. The Morgan fingerprint density at radius 2 is 1.94 bits per heavy atom. The zero-order valence-electron chi connectivity index (χ0n) is 11.0. The fourth-order valence-electron chi connectivity index (χ4n) is 1.67. The summed E-state index contributed by atoms with van der Waals surface area (Å²) in [5.74, 6) is 0.588. The first kappa shape index (κ1) is 12.6. The average Bonchev–Trinajstić information content (AvgIpc) is 2.87. The van der Waals surface area contributed by atoms with Crippen molar-refractivity contribution >= 4 is 11.7 Å². The molecule has 18 heavy (non-hydrogen) atoms. The van der Waals surface area contributed by atoms with Crippen LogP contribution in [0.3, 0.4) is 0 Å². The first-order chi connectivity index (χ1) is 8.74. The lowest BCUT2D eigenvalue weighted by atomic mass is 10.1. The van der Waals surface area contributed by atoms with E-state index >= 15 is 0 Å². The third-order valence-electron chi connectivity index (χ3n) is 2.80. The quantitative estimate of drug-likeness (QED) is 0.875. The number of rotatable bonds is 5. The Bertz CT molecular complexity index is 492. The molecule has 0 fully saturated rings. The Kier molecular flexibility index (Phi) is 3.94. The van der Waals surface area contributed by atoms with E-state index in [0.29, 0.717) is 18.5 Å². The summed E-state index contributed by atoms with van der Waals surface area (Å²) in [6.07, 6.45) is 1.04. The average molecular weight is 246 g/mol. The van der Waals surface area contributed by atoms with Crippen molar-refractivity contribution in [3.63, 3.8) is 0 Å². The fourth-order valence-corrected chi connectivity index (χ4v) is 1.67. The molecule has 0 aliphatic carbocycles. The highest BCUT2D eigenvalue weighted by Gasteiger charge is 2.11. The minimum atomic E-state index is 0.504. The van der Waals surface area contributed by atoms with Gasteiger partial charge >= 0.3 is 6.01 Å². The molecule has 0 atom stereocenters. The van der Waals surface area contributed by atoms with Crippen LogP contribution in [0, 0.1) is 0 Å². The van der Waals surface area contributed by atoms with E-state index in [9.17, 15) is 0 Å². The highest BCUT2D eigenvalue weighted by atomic mass is 16.4. The largest absolute Gasteiger partial charge is 0.406 e. The van der Waals surface area contributed by atoms with Crippen molar-refractivity contribution in [1.82, 2.24) is 15.5 Å². The third kappa shape index (κ3) is 2.68. The van der Waals surface area contributed by atoms with Crippen LogP contribution in [0.4, 0.5) is 11.7 Å². The molecule has 2 aromatic rings. The molecule has 5 nitrogen and oxygen atoms in total. The molecule has 0 spiro atoms. The highest BCUT2D eigenvalue weighted by Crippen LogP contribution is 2.22. The Hall–Kier alpha value is -1.88. The molecule has 1 aromatic carbocycles. The summed E-state index contributed by atoms with van der Waals surface area (Å²) < 4.78 is 5.54. The molecule has 0 aliphatic rings. The van der Waals surface area contributed by atoms with Gasteiger partial charge in [-0.25, -0.2) is 0 Å². The van der Waals surface area contributed by atoms with Crippen LogP contribution in [0.1, 0.15) is 18.4 Å². The number of hydrogen-bond donors (Lipinski definition) is 1. The van der Waals surface area contributed by atoms with Gasteiger partial charge in [0.2, 0.25) is 5.89 Å². The predicted molar refractivity (Wildman–Crippen MR) is 70.9 cm³/mol. The van der Waals surface area contributed by atoms with Crippen molar-refractivity contribution in [3.8, 4) is 0 Å². The Balaban J connectivity index is 2.15. The lowest BCUT2D eigenvalue weighted by molar-refractivity contribution is 0.484. The summed E-state index contributed by atoms with van der Waals surface area (Å²) in [7, 11) is 3.76. The number of aryl methyl sites for hydroxylation is 1. The van der Waals surface area contributed by atoms with Crippen molar-refractivity contribution in [3.05, 3.63) is 35.7 Å². The Morgan fingerprint density at radius 3 is 2.56 bits per heavy atom. The standard InChI is InChI=1S/C13H18N4O/c1-4-10-5-7-11(8-6-10)17(3)13-16-15-12(18-13)9-14-2/h5-8,14H,4,9H2,1-3H3. The van der Waals surface area contributed by atoms with E-state index < -0.39 is 0 Å². The molecule has 0 unspecified atom stereocenters. The van der Waals surface area contributed by atoms with E-state index in [1.807, 2.05) is 19.0 Å². The van der Waals surface area contributed by atoms with E-state index in [4.69, 9.17) is 4.42 Å². The second kappa shape index (κ2) is 5.64. The summed E-state index contributed by atoms with van der Waals surface area (Å²) in [6, 6.07) is 8.83. The number of nitrogens with one attached hydrogen (secondary N) is 1. The smallest absolute Gasteiger partial charge is 0.322 e. The molecular weight excluding hydrogens is 228 g/mol. The van der Waals surface area contributed by atoms with E-state index in [1.54, 1.807) is 0 Å². The molecular formula is C13H18N4O. The lowest BCUT2D eigenvalue weighted by Gasteiger charge is -2.14. The van der Waals surface area contributed by atoms with Gasteiger partial charge in [-0.15, -0.1) is 5.10 Å². The van der Waals surface area contributed by atoms with E-state index in [1.165, 1.54) is 5.56 Å². The number of anilines is 2. The number of hydrogen-bond acceptors (Lipinski definition) is 5. The summed E-state index contributed by atoms with van der Waals surface area (Å²) in [6.45, 7) is 2.72. The molecule has 1 heterocycles. The van der Waals surface area contributed by atoms with Gasteiger partial charge in [-0.3, -0.25) is 4.90 Å². The van der Waals surface area contributed by atoms with Gasteiger partial charge in [0.15, 0.2) is 0 Å². The van der Waals surface area contributed by atoms with Gasteiger partial charge in [-0.2, -0.15) is 0 Å². The Labute approximate surface area is 107 Å². The van der Waals surface area contributed by atoms with Crippen LogP contribution in [0.25, 0.3) is 0 Å². The first-order valence-electron chi connectivity index (χ1n) is 6.04. The number of nitrogens with zero attached hydrogens (tertiary/aromatic N) is 3. The van der Waals surface area contributed by atoms with Gasteiger partial charge in [0.05, 0.1) is 6.54 Å². The second-order valence-corrected chi connectivity index (χ2v) is 4.09. The van der Waals surface area contributed by atoms with Gasteiger partial charge in [-0.1, -0.05) is 24.2 Å². The zero-order valence-corrected chi connectivity index (χ0v) is 11.0. The third-order valence-corrected chi connectivity index (χ3v) is 2.80. The van der Waals surface area contributed by atoms with Crippen molar-refractivity contribution < 1.29 is 4.42 Å². The monoisotopic (exact) mass is 246 g/mol. The fraction of sp³-hybridized carbons (Fsp3) is 0.385. The first-order valence-corrected chi connectivity index (χ1v) is 6.04. The van der Waals surface area contributed by atoms with Crippen LogP contribution < -0.4 is 10.2 Å². The Morgan fingerprint density at radius 1 is 1.22 bits per heavy atom. The van der Waals surface area contributed by atoms with Crippen molar-refractivity contribution in [2.24, 2.45) is 0 Å². The molecule has 0 aliphatic heterocycles. The van der Waals surface area contributed by atoms with Gasteiger partial charge in [0.1, 0.15) is 0 Å². The van der Waals surface area contributed by atoms with E-state index in [-0.39, 0.29) is 0 Å². The molecule has 2 rings (SSSR count). The maximum atomic E-state index is 5.54. The van der Waals surface area contributed by atoms with E-state index in [2.05, 4.69) is 46.7 Å². The molecule has 0 saturated heterocycles. The van der Waals surface area contributed by atoms with Crippen LogP contribution in [0.2, 0.25) is 0 Å². The van der Waals surface area contributed by atoms with Gasteiger partial charge in [0.25, 0.3) is 0 Å². The van der Waals surface area contributed by atoms with Crippen LogP contribution in [-0.2, 0) is 13.0 Å². The van der Waals surface area contributed by atoms with Gasteiger partial charge in [0, 0.05) is 12.7 Å². The minimum Gasteiger partial charge on any atom is -0.406 e. The summed E-state index contributed by atoms with van der Waals surface area (Å²) in [5, 5.41) is 11.0. The lowest BCUT2D eigenvalue weighted by Crippen LogP contribution is -2.09. The highest BCUT2D eigenvalue weighted by molar-refractivity contribution is 5.55. The number of benzene rings is 1. The van der Waals surface area contributed by atoms with Crippen molar-refractivity contribution in [2.45, 2.75) is 19.9 Å². The minimum absolute atomic E-state index is 0.504. The molecule has 0 saturated carbocycles. The van der Waals surface area contributed by atoms with Crippen molar-refractivity contribution in [1.29, 1.82) is 0 Å². The molecule has 1 aromatic heterocycles. The zero-order chi connectivity index (χ0) is 13.0. The van der Waals surface area contributed by atoms with E-state index in [0.717, 1.165) is 12.1 Å². The summed E-state index contributed by atoms with van der Waals surface area (Å²) >= 11 is 0. The topological polar surface area (TPSA) is 54.2 Å². The SMILES string of the molecule is CCc1ccc(N(C)c2nnc(CNC)o2)cc1. The maximum absolute atomic E-state index is 5.54. The molecule has 96 valence electrons. The van der Waals surface area contributed by atoms with Crippen LogP contribution in [0.5, 0.6) is 0 Å². The van der Waals surface area contributed by atoms with Crippen molar-refractivity contribution in [2.75, 3.05) is 19.0 Å². The normalized spacial score (nSPS) is 10.6.